The minimum atomic E-state index is -0.960. The molecule has 1 aliphatic rings. The van der Waals surface area contributed by atoms with Crippen LogP contribution in [0, 0.1) is 83.1 Å². The zero-order valence-corrected chi connectivity index (χ0v) is 36.7. The van der Waals surface area contributed by atoms with Gasteiger partial charge < -0.3 is 4.74 Å². The first-order valence-corrected chi connectivity index (χ1v) is 22.0. The fourth-order valence-electron chi connectivity index (χ4n) is 9.65. The van der Waals surface area contributed by atoms with Crippen LogP contribution in [0.1, 0.15) is 91.7 Å². The van der Waals surface area contributed by atoms with Gasteiger partial charge in [0.1, 0.15) is 11.5 Å². The average Bonchev–Trinajstić information content (AvgIpc) is 3.05. The first-order valence-electron chi connectivity index (χ1n) is 19.4. The van der Waals surface area contributed by atoms with Crippen molar-refractivity contribution < 1.29 is 4.74 Å². The number of fused-ring (bicyclic) bond motifs is 2. The summed E-state index contributed by atoms with van der Waals surface area (Å²) >= 11 is 0. The molecule has 1 nitrogen and oxygen atoms in total. The second-order valence-corrected chi connectivity index (χ2v) is 20.8. The van der Waals surface area contributed by atoms with Crippen LogP contribution in [0.3, 0.4) is 0 Å². The molecule has 0 N–H and O–H groups in total. The van der Waals surface area contributed by atoms with Gasteiger partial charge >= 0.3 is 0 Å². The van der Waals surface area contributed by atoms with Gasteiger partial charge in [-0.25, -0.2) is 0 Å². The highest BCUT2D eigenvalue weighted by Crippen LogP contribution is 2.53. The molecule has 0 atom stereocenters. The number of benzene rings is 6. The summed E-state index contributed by atoms with van der Waals surface area (Å²) in [7, 11) is -1.92. The molecular formula is C51H56OP2. The van der Waals surface area contributed by atoms with Crippen LogP contribution in [0.15, 0.2) is 84.9 Å². The number of rotatable bonds is 6. The summed E-state index contributed by atoms with van der Waals surface area (Å²) in [5, 5.41) is 8.38. The second-order valence-electron chi connectivity index (χ2n) is 16.7. The highest BCUT2D eigenvalue weighted by molar-refractivity contribution is 7.80. The monoisotopic (exact) mass is 746 g/mol. The van der Waals surface area contributed by atoms with E-state index in [4.69, 9.17) is 4.74 Å². The SMILES string of the molecule is Cc1cc(C)c(P(c2cccc3c2Oc2c(P(c4c(C)cc(C)cc4C)c4c(C)cc(C)cc4C)cccc2C3(C)C)c2c(C)cc(C)cc2C)c(C)c1. The quantitative estimate of drug-likeness (QED) is 0.154. The summed E-state index contributed by atoms with van der Waals surface area (Å²) in [6, 6.07) is 32.9. The molecule has 0 aliphatic carbocycles. The largest absolute Gasteiger partial charge is 0.455 e. The summed E-state index contributed by atoms with van der Waals surface area (Å²) in [5.41, 5.74) is 18.3. The molecule has 0 saturated heterocycles. The van der Waals surface area contributed by atoms with Crippen molar-refractivity contribution >= 4 is 47.7 Å². The highest BCUT2D eigenvalue weighted by Gasteiger charge is 2.40. The van der Waals surface area contributed by atoms with Gasteiger partial charge in [0.2, 0.25) is 0 Å². The lowest BCUT2D eigenvalue weighted by molar-refractivity contribution is 0.425. The third kappa shape index (κ3) is 6.47. The van der Waals surface area contributed by atoms with Crippen LogP contribution in [0.4, 0.5) is 0 Å². The molecule has 0 saturated carbocycles. The topological polar surface area (TPSA) is 9.23 Å². The van der Waals surface area contributed by atoms with E-state index in [0.717, 1.165) is 11.5 Å². The Kier molecular flexibility index (Phi) is 10.1. The van der Waals surface area contributed by atoms with Crippen molar-refractivity contribution in [2.75, 3.05) is 0 Å². The molecule has 0 radical (unpaired) electrons. The number of para-hydroxylation sites is 2. The first kappa shape index (κ1) is 38.3. The molecule has 6 aromatic carbocycles. The third-order valence-corrected chi connectivity index (χ3v) is 17.7. The van der Waals surface area contributed by atoms with Crippen molar-refractivity contribution in [3.63, 3.8) is 0 Å². The Bertz CT molecular complexity index is 2100. The summed E-state index contributed by atoms with van der Waals surface area (Å²) in [4.78, 5) is 0. The Hall–Kier alpha value is -4.02. The third-order valence-electron chi connectivity index (χ3n) is 11.5. The maximum absolute atomic E-state index is 7.67. The van der Waals surface area contributed by atoms with Crippen molar-refractivity contribution in [1.29, 1.82) is 0 Å². The summed E-state index contributed by atoms with van der Waals surface area (Å²) in [6.45, 7) is 32.1. The van der Waals surface area contributed by atoms with Gasteiger partial charge in [-0.05, 0) is 165 Å². The predicted octanol–water partition coefficient (Wildman–Crippen LogP) is 11.3. The van der Waals surface area contributed by atoms with Crippen molar-refractivity contribution in [3.05, 3.63) is 163 Å². The van der Waals surface area contributed by atoms with Crippen LogP contribution < -0.4 is 36.6 Å². The van der Waals surface area contributed by atoms with E-state index >= 15 is 0 Å². The Balaban J connectivity index is 1.55. The first-order chi connectivity index (χ1) is 25.5. The van der Waals surface area contributed by atoms with E-state index in [1.54, 1.807) is 0 Å². The molecule has 3 heteroatoms. The molecule has 0 unspecified atom stereocenters. The number of aryl methyl sites for hydroxylation is 12. The predicted molar refractivity (Wildman–Crippen MR) is 239 cm³/mol. The molecule has 0 spiro atoms. The molecule has 0 amide bonds. The summed E-state index contributed by atoms with van der Waals surface area (Å²) in [6.07, 6.45) is 0. The lowest BCUT2D eigenvalue weighted by Gasteiger charge is -2.39. The highest BCUT2D eigenvalue weighted by atomic mass is 31.1. The van der Waals surface area contributed by atoms with E-state index in [2.05, 4.69) is 182 Å². The lowest BCUT2D eigenvalue weighted by atomic mass is 9.76. The fraction of sp³-hybridized carbons (Fsp3) is 0.294. The van der Waals surface area contributed by atoms with Crippen LogP contribution in [-0.4, -0.2) is 0 Å². The molecule has 0 aromatic heterocycles. The standard InChI is InChI=1S/C51H56OP2/c1-29-21-33(5)47(34(6)22-29)53(48-35(7)23-30(2)24-36(48)8)43-19-15-17-41-45(43)52-46-42(51(41,13)14)18-16-20-44(46)54(49-37(9)25-31(3)26-38(49)10)50-39(11)27-32(4)28-40(50)12/h15-28H,1-14H3. The number of ether oxygens (including phenoxy) is 1. The molecule has 276 valence electrons. The van der Waals surface area contributed by atoms with Gasteiger partial charge in [-0.15, -0.1) is 0 Å². The molecular weight excluding hydrogens is 691 g/mol. The van der Waals surface area contributed by atoms with Crippen LogP contribution in [0.2, 0.25) is 0 Å². The summed E-state index contributed by atoms with van der Waals surface area (Å²) in [5.74, 6) is 2.08. The smallest absolute Gasteiger partial charge is 0.139 e. The molecule has 54 heavy (non-hydrogen) atoms. The molecule has 0 fully saturated rings. The maximum atomic E-state index is 7.67. The van der Waals surface area contributed by atoms with E-state index < -0.39 is 15.8 Å². The van der Waals surface area contributed by atoms with Gasteiger partial charge in [-0.1, -0.05) is 121 Å². The average molecular weight is 747 g/mol. The van der Waals surface area contributed by atoms with E-state index in [9.17, 15) is 0 Å². The zero-order chi connectivity index (χ0) is 39.0. The van der Waals surface area contributed by atoms with Crippen LogP contribution in [0.5, 0.6) is 11.5 Å². The van der Waals surface area contributed by atoms with E-state index in [1.807, 2.05) is 0 Å². The molecule has 7 rings (SSSR count). The molecule has 1 heterocycles. The summed E-state index contributed by atoms with van der Waals surface area (Å²) < 4.78 is 7.67. The van der Waals surface area contributed by atoms with Crippen molar-refractivity contribution in [2.45, 2.75) is 102 Å². The Morgan fingerprint density at radius 3 is 0.852 bits per heavy atom. The number of hydrogen-bond donors (Lipinski definition) is 0. The van der Waals surface area contributed by atoms with Crippen LogP contribution in [-0.2, 0) is 5.41 Å². The van der Waals surface area contributed by atoms with Crippen molar-refractivity contribution in [2.24, 2.45) is 0 Å². The van der Waals surface area contributed by atoms with Gasteiger partial charge in [0.25, 0.3) is 0 Å². The fourth-order valence-corrected chi connectivity index (χ4v) is 15.6. The second kappa shape index (κ2) is 14.2. The zero-order valence-electron chi connectivity index (χ0n) is 34.9. The van der Waals surface area contributed by atoms with Crippen molar-refractivity contribution in [1.82, 2.24) is 0 Å². The van der Waals surface area contributed by atoms with Gasteiger partial charge in [0, 0.05) is 27.2 Å². The normalized spacial score (nSPS) is 13.3. The van der Waals surface area contributed by atoms with Crippen molar-refractivity contribution in [3.8, 4) is 11.5 Å². The van der Waals surface area contributed by atoms with E-state index in [-0.39, 0.29) is 5.41 Å². The molecule has 1 aliphatic heterocycles. The number of hydrogen-bond acceptors (Lipinski definition) is 1. The minimum Gasteiger partial charge on any atom is -0.455 e. The van der Waals surface area contributed by atoms with Gasteiger partial charge in [0.15, 0.2) is 0 Å². The Morgan fingerprint density at radius 1 is 0.370 bits per heavy atom. The van der Waals surface area contributed by atoms with E-state index in [0.29, 0.717) is 0 Å². The molecule has 6 aromatic rings. The Morgan fingerprint density at radius 2 is 0.611 bits per heavy atom. The van der Waals surface area contributed by atoms with Gasteiger partial charge in [-0.3, -0.25) is 0 Å². The van der Waals surface area contributed by atoms with Gasteiger partial charge in [-0.2, -0.15) is 0 Å². The minimum absolute atomic E-state index is 0.277. The van der Waals surface area contributed by atoms with Crippen LogP contribution >= 0.6 is 15.8 Å². The van der Waals surface area contributed by atoms with E-state index in [1.165, 1.54) is 110 Å². The lowest BCUT2D eigenvalue weighted by Crippen LogP contribution is -2.35. The van der Waals surface area contributed by atoms with Crippen LogP contribution in [0.25, 0.3) is 0 Å². The maximum Gasteiger partial charge on any atom is 0.139 e. The van der Waals surface area contributed by atoms with Gasteiger partial charge in [0.05, 0.1) is 0 Å². The molecule has 0 bridgehead atoms. The Labute approximate surface area is 327 Å².